The maximum atomic E-state index is 12.4. The van der Waals surface area contributed by atoms with Gasteiger partial charge in [-0.1, -0.05) is 0 Å². The number of fused-ring (bicyclic) bond motifs is 1. The van der Waals surface area contributed by atoms with Gasteiger partial charge in [-0.2, -0.15) is 0 Å². The molecule has 1 saturated carbocycles. The Hall–Kier alpha value is -1.07. The molecule has 1 aliphatic carbocycles. The van der Waals surface area contributed by atoms with Crippen molar-refractivity contribution in [3.63, 3.8) is 0 Å². The molecule has 18 heavy (non-hydrogen) atoms. The van der Waals surface area contributed by atoms with Crippen LogP contribution < -0.4 is 4.74 Å². The van der Waals surface area contributed by atoms with E-state index >= 15 is 0 Å². The molecule has 0 spiro atoms. The number of carbonyl (C=O) groups is 1. The zero-order valence-corrected chi connectivity index (χ0v) is 11.2. The monoisotopic (exact) mass is 267 g/mol. The summed E-state index contributed by atoms with van der Waals surface area (Å²) >= 11 is 1.42. The number of ether oxygens (including phenoxy) is 1. The summed E-state index contributed by atoms with van der Waals surface area (Å²) in [6.45, 7) is 1.47. The zero-order chi connectivity index (χ0) is 12.7. The van der Waals surface area contributed by atoms with Crippen LogP contribution in [0.5, 0.6) is 5.75 Å². The Kier molecular flexibility index (Phi) is 3.03. The van der Waals surface area contributed by atoms with Gasteiger partial charge in [-0.05, 0) is 30.2 Å². The largest absolute Gasteiger partial charge is 0.495 e. The summed E-state index contributed by atoms with van der Waals surface area (Å²) in [5.41, 5.74) is 0. The van der Waals surface area contributed by atoms with Crippen LogP contribution in [0.2, 0.25) is 0 Å². The summed E-state index contributed by atoms with van der Waals surface area (Å²) < 4.78 is 5.19. The van der Waals surface area contributed by atoms with Gasteiger partial charge in [-0.15, -0.1) is 11.3 Å². The number of hydrogen-bond donors (Lipinski definition) is 1. The number of aliphatic hydroxyl groups is 1. The number of likely N-dealkylation sites (tertiary alicyclic amines) is 1. The molecule has 0 radical (unpaired) electrons. The van der Waals surface area contributed by atoms with E-state index in [4.69, 9.17) is 4.74 Å². The third-order valence-corrected chi connectivity index (χ3v) is 5.03. The van der Waals surface area contributed by atoms with E-state index < -0.39 is 0 Å². The SMILES string of the molecule is COc1ccsc1C(=O)N1CC2CCC(O)C2C1. The number of carbonyl (C=O) groups excluding carboxylic acids is 1. The number of rotatable bonds is 2. The summed E-state index contributed by atoms with van der Waals surface area (Å²) in [4.78, 5) is 14.9. The van der Waals surface area contributed by atoms with Crippen molar-refractivity contribution < 1.29 is 14.6 Å². The standard InChI is InChI=1S/C13H17NO3S/c1-17-11-4-5-18-12(11)13(16)14-6-8-2-3-10(15)9(8)7-14/h4-5,8-10,15H,2-3,6-7H2,1H3. The van der Waals surface area contributed by atoms with E-state index in [2.05, 4.69) is 0 Å². The molecule has 1 N–H and O–H groups in total. The smallest absolute Gasteiger partial charge is 0.267 e. The minimum Gasteiger partial charge on any atom is -0.495 e. The maximum Gasteiger partial charge on any atom is 0.267 e. The van der Waals surface area contributed by atoms with E-state index in [1.54, 1.807) is 7.11 Å². The first kappa shape index (κ1) is 12.0. The molecule has 0 aromatic carbocycles. The molecule has 1 amide bonds. The van der Waals surface area contributed by atoms with Crippen molar-refractivity contribution in [1.82, 2.24) is 4.90 Å². The molecule has 3 unspecified atom stereocenters. The summed E-state index contributed by atoms with van der Waals surface area (Å²) in [5, 5.41) is 11.7. The quantitative estimate of drug-likeness (QED) is 0.885. The maximum absolute atomic E-state index is 12.4. The lowest BCUT2D eigenvalue weighted by Gasteiger charge is -2.18. The van der Waals surface area contributed by atoms with Gasteiger partial charge < -0.3 is 14.7 Å². The Morgan fingerprint density at radius 2 is 2.33 bits per heavy atom. The summed E-state index contributed by atoms with van der Waals surface area (Å²) in [5.74, 6) is 1.46. The van der Waals surface area contributed by atoms with E-state index in [1.807, 2.05) is 16.3 Å². The minimum atomic E-state index is -0.224. The van der Waals surface area contributed by atoms with Crippen molar-refractivity contribution in [2.75, 3.05) is 20.2 Å². The predicted molar refractivity (Wildman–Crippen MR) is 69.0 cm³/mol. The van der Waals surface area contributed by atoms with Crippen LogP contribution in [-0.2, 0) is 0 Å². The van der Waals surface area contributed by atoms with Crippen molar-refractivity contribution >= 4 is 17.2 Å². The van der Waals surface area contributed by atoms with Crippen molar-refractivity contribution in [1.29, 1.82) is 0 Å². The van der Waals surface area contributed by atoms with Crippen LogP contribution in [0, 0.1) is 11.8 Å². The average molecular weight is 267 g/mol. The van der Waals surface area contributed by atoms with E-state index in [-0.39, 0.29) is 17.9 Å². The van der Waals surface area contributed by atoms with Gasteiger partial charge in [0, 0.05) is 19.0 Å². The zero-order valence-electron chi connectivity index (χ0n) is 10.3. The third kappa shape index (κ3) is 1.82. The lowest BCUT2D eigenvalue weighted by atomic mass is 10.00. The molecule has 0 bridgehead atoms. The van der Waals surface area contributed by atoms with E-state index in [0.717, 1.165) is 19.4 Å². The van der Waals surface area contributed by atoms with E-state index in [0.29, 0.717) is 23.1 Å². The number of aliphatic hydroxyl groups excluding tert-OH is 1. The highest BCUT2D eigenvalue weighted by Crippen LogP contribution is 2.39. The lowest BCUT2D eigenvalue weighted by Crippen LogP contribution is -2.30. The number of nitrogens with zero attached hydrogens (tertiary/aromatic N) is 1. The Morgan fingerprint density at radius 1 is 1.50 bits per heavy atom. The number of amides is 1. The van der Waals surface area contributed by atoms with Gasteiger partial charge in [0.2, 0.25) is 0 Å². The van der Waals surface area contributed by atoms with Crippen molar-refractivity contribution in [3.05, 3.63) is 16.3 Å². The van der Waals surface area contributed by atoms with Crippen LogP contribution in [0.1, 0.15) is 22.5 Å². The summed E-state index contributed by atoms with van der Waals surface area (Å²) in [7, 11) is 1.58. The van der Waals surface area contributed by atoms with Crippen molar-refractivity contribution in [2.45, 2.75) is 18.9 Å². The highest BCUT2D eigenvalue weighted by molar-refractivity contribution is 7.12. The number of thiophene rings is 1. The Bertz CT molecular complexity index is 459. The molecular formula is C13H17NO3S. The van der Waals surface area contributed by atoms with Crippen LogP contribution in [0.3, 0.4) is 0 Å². The first-order chi connectivity index (χ1) is 8.70. The Labute approximate surface area is 110 Å². The number of hydrogen-bond acceptors (Lipinski definition) is 4. The van der Waals surface area contributed by atoms with Crippen LogP contribution in [0.15, 0.2) is 11.4 Å². The average Bonchev–Trinajstić information content (AvgIpc) is 3.05. The van der Waals surface area contributed by atoms with Crippen molar-refractivity contribution in [2.24, 2.45) is 11.8 Å². The van der Waals surface area contributed by atoms with Gasteiger partial charge in [-0.25, -0.2) is 0 Å². The van der Waals surface area contributed by atoms with E-state index in [1.165, 1.54) is 11.3 Å². The summed E-state index contributed by atoms with van der Waals surface area (Å²) in [6, 6.07) is 1.82. The van der Waals surface area contributed by atoms with Crippen molar-refractivity contribution in [3.8, 4) is 5.75 Å². The van der Waals surface area contributed by atoms with Crippen LogP contribution in [0.4, 0.5) is 0 Å². The molecule has 5 heteroatoms. The lowest BCUT2D eigenvalue weighted by molar-refractivity contribution is 0.0754. The summed E-state index contributed by atoms with van der Waals surface area (Å²) in [6.07, 6.45) is 1.70. The van der Waals surface area contributed by atoms with Gasteiger partial charge >= 0.3 is 0 Å². The molecule has 2 fully saturated rings. The molecule has 2 aliphatic rings. The van der Waals surface area contributed by atoms with Crippen LogP contribution >= 0.6 is 11.3 Å². The number of methoxy groups -OCH3 is 1. The fourth-order valence-corrected chi connectivity index (χ4v) is 3.99. The second kappa shape index (κ2) is 4.55. The first-order valence-electron chi connectivity index (χ1n) is 6.29. The molecule has 1 aliphatic heterocycles. The molecule has 2 heterocycles. The first-order valence-corrected chi connectivity index (χ1v) is 7.17. The molecule has 1 aromatic rings. The molecule has 3 atom stereocenters. The van der Waals surface area contributed by atoms with E-state index in [9.17, 15) is 9.90 Å². The topological polar surface area (TPSA) is 49.8 Å². The fraction of sp³-hybridized carbons (Fsp3) is 0.615. The molecule has 3 rings (SSSR count). The molecule has 98 valence electrons. The van der Waals surface area contributed by atoms with Crippen LogP contribution in [0.25, 0.3) is 0 Å². The van der Waals surface area contributed by atoms with Gasteiger partial charge in [0.25, 0.3) is 5.91 Å². The minimum absolute atomic E-state index is 0.0449. The van der Waals surface area contributed by atoms with Gasteiger partial charge in [0.05, 0.1) is 13.2 Å². The van der Waals surface area contributed by atoms with Gasteiger partial charge in [0.1, 0.15) is 10.6 Å². The Morgan fingerprint density at radius 3 is 3.06 bits per heavy atom. The molecule has 1 saturated heterocycles. The fourth-order valence-electron chi connectivity index (χ4n) is 3.16. The normalized spacial score (nSPS) is 30.6. The second-order valence-electron chi connectivity index (χ2n) is 5.10. The highest BCUT2D eigenvalue weighted by atomic mass is 32.1. The highest BCUT2D eigenvalue weighted by Gasteiger charge is 2.43. The third-order valence-electron chi connectivity index (χ3n) is 4.15. The van der Waals surface area contributed by atoms with Crippen LogP contribution in [-0.4, -0.2) is 42.2 Å². The van der Waals surface area contributed by atoms with Gasteiger partial charge in [0.15, 0.2) is 0 Å². The molecule has 4 nitrogen and oxygen atoms in total. The second-order valence-corrected chi connectivity index (χ2v) is 6.01. The Balaban J connectivity index is 1.75. The predicted octanol–water partition coefficient (Wildman–Crippen LogP) is 1.60. The van der Waals surface area contributed by atoms with Gasteiger partial charge in [-0.3, -0.25) is 4.79 Å². The molecule has 1 aromatic heterocycles. The molecular weight excluding hydrogens is 250 g/mol.